The Labute approximate surface area is 106 Å². The summed E-state index contributed by atoms with van der Waals surface area (Å²) in [6, 6.07) is 8.57. The van der Waals surface area contributed by atoms with Crippen molar-refractivity contribution in [3.63, 3.8) is 0 Å². The van der Waals surface area contributed by atoms with Crippen molar-refractivity contribution >= 4 is 11.9 Å². The van der Waals surface area contributed by atoms with Crippen molar-refractivity contribution in [1.29, 1.82) is 0 Å². The fourth-order valence-electron chi connectivity index (χ4n) is 1.14. The van der Waals surface area contributed by atoms with Gasteiger partial charge in [-0.1, -0.05) is 18.2 Å². The highest BCUT2D eigenvalue weighted by Gasteiger charge is 2.21. The van der Waals surface area contributed by atoms with E-state index < -0.39 is 17.5 Å². The highest BCUT2D eigenvalue weighted by Crippen LogP contribution is 2.12. The number of hydrogen-bond acceptors (Lipinski definition) is 4. The monoisotopic (exact) mass is 246 g/mol. The average molecular weight is 246 g/mol. The van der Waals surface area contributed by atoms with Gasteiger partial charge in [-0.25, -0.2) is 9.59 Å². The van der Waals surface area contributed by atoms with E-state index in [2.05, 4.69) is 16.6 Å². The third-order valence-electron chi connectivity index (χ3n) is 2.01. The number of esters is 2. The van der Waals surface area contributed by atoms with Crippen LogP contribution in [0.25, 0.3) is 0 Å². The molecule has 0 spiro atoms. The Bertz CT molecular complexity index is 492. The number of carbonyl (C=O) groups is 2. The number of ether oxygens (including phenoxy) is 2. The highest BCUT2D eigenvalue weighted by atomic mass is 16.6. The lowest BCUT2D eigenvalue weighted by atomic mass is 10.1. The molecule has 94 valence electrons. The molecule has 0 aliphatic rings. The van der Waals surface area contributed by atoms with Crippen LogP contribution in [0.1, 0.15) is 24.2 Å². The quantitative estimate of drug-likeness (QED) is 0.453. The van der Waals surface area contributed by atoms with Crippen LogP contribution in [0, 0.1) is 11.8 Å². The molecule has 0 aliphatic heterocycles. The van der Waals surface area contributed by atoms with E-state index in [1.165, 1.54) is 7.11 Å². The topological polar surface area (TPSA) is 52.6 Å². The van der Waals surface area contributed by atoms with Crippen LogP contribution < -0.4 is 0 Å². The lowest BCUT2D eigenvalue weighted by molar-refractivity contribution is -0.133. The maximum Gasteiger partial charge on any atom is 0.384 e. The molecule has 4 nitrogen and oxygen atoms in total. The van der Waals surface area contributed by atoms with Gasteiger partial charge in [-0.05, 0) is 31.9 Å². The normalized spacial score (nSPS) is 9.94. The van der Waals surface area contributed by atoms with Crippen molar-refractivity contribution in [1.82, 2.24) is 0 Å². The first-order valence-electron chi connectivity index (χ1n) is 5.34. The second-order valence-corrected chi connectivity index (χ2v) is 4.01. The molecule has 0 unspecified atom stereocenters. The summed E-state index contributed by atoms with van der Waals surface area (Å²) in [7, 11) is 1.24. The zero-order chi connectivity index (χ0) is 13.6. The van der Waals surface area contributed by atoms with Gasteiger partial charge in [0.1, 0.15) is 0 Å². The van der Waals surface area contributed by atoms with Crippen molar-refractivity contribution in [3.8, 4) is 11.8 Å². The van der Waals surface area contributed by atoms with E-state index in [1.807, 2.05) is 0 Å². The van der Waals surface area contributed by atoms with Crippen LogP contribution in [0.2, 0.25) is 0 Å². The Kier molecular flexibility index (Phi) is 4.50. The van der Waals surface area contributed by atoms with Gasteiger partial charge in [-0.3, -0.25) is 0 Å². The standard InChI is InChI=1S/C14H14O4/c1-14(2,10-9-12(15)17-3)18-13(16)11-7-5-4-6-8-11/h4-8H,1-3H3. The minimum atomic E-state index is -1.05. The summed E-state index contributed by atoms with van der Waals surface area (Å²) >= 11 is 0. The molecule has 4 heteroatoms. The molecule has 0 bridgehead atoms. The van der Waals surface area contributed by atoms with E-state index in [0.29, 0.717) is 5.56 Å². The smallest absolute Gasteiger partial charge is 0.384 e. The summed E-state index contributed by atoms with van der Waals surface area (Å²) in [5.74, 6) is 3.63. The Morgan fingerprint density at radius 3 is 2.33 bits per heavy atom. The van der Waals surface area contributed by atoms with Gasteiger partial charge in [0.2, 0.25) is 0 Å². The van der Waals surface area contributed by atoms with Crippen molar-refractivity contribution in [2.45, 2.75) is 19.4 Å². The highest BCUT2D eigenvalue weighted by molar-refractivity contribution is 5.90. The van der Waals surface area contributed by atoms with Crippen LogP contribution >= 0.6 is 0 Å². The summed E-state index contributed by atoms with van der Waals surface area (Å²) in [6.07, 6.45) is 0. The molecule has 0 saturated heterocycles. The number of hydrogen-bond donors (Lipinski definition) is 0. The van der Waals surface area contributed by atoms with E-state index in [-0.39, 0.29) is 0 Å². The molecular weight excluding hydrogens is 232 g/mol. The lowest BCUT2D eigenvalue weighted by Crippen LogP contribution is -2.26. The molecule has 18 heavy (non-hydrogen) atoms. The Morgan fingerprint density at radius 2 is 1.78 bits per heavy atom. The van der Waals surface area contributed by atoms with E-state index in [0.717, 1.165) is 0 Å². The van der Waals surface area contributed by atoms with Crippen LogP contribution in [-0.2, 0) is 14.3 Å². The van der Waals surface area contributed by atoms with E-state index in [1.54, 1.807) is 44.2 Å². The molecule has 0 N–H and O–H groups in total. The molecule has 1 aromatic carbocycles. The van der Waals surface area contributed by atoms with Gasteiger partial charge in [0.25, 0.3) is 0 Å². The maximum atomic E-state index is 11.8. The molecule has 0 aliphatic carbocycles. The summed E-state index contributed by atoms with van der Waals surface area (Å²) in [5.41, 5.74) is -0.619. The van der Waals surface area contributed by atoms with Crippen LogP contribution in [-0.4, -0.2) is 24.6 Å². The Hall–Kier alpha value is -2.28. The second-order valence-electron chi connectivity index (χ2n) is 4.01. The summed E-state index contributed by atoms with van der Waals surface area (Å²) < 4.78 is 9.58. The van der Waals surface area contributed by atoms with Crippen molar-refractivity contribution in [2.75, 3.05) is 7.11 Å². The third-order valence-corrected chi connectivity index (χ3v) is 2.01. The van der Waals surface area contributed by atoms with Gasteiger partial charge in [0, 0.05) is 5.92 Å². The SMILES string of the molecule is COC(=O)C#CC(C)(C)OC(=O)c1ccccc1. The van der Waals surface area contributed by atoms with Crippen LogP contribution in [0.15, 0.2) is 30.3 Å². The first-order valence-corrected chi connectivity index (χ1v) is 5.34. The van der Waals surface area contributed by atoms with Gasteiger partial charge in [-0.15, -0.1) is 0 Å². The summed E-state index contributed by atoms with van der Waals surface area (Å²) in [5, 5.41) is 0. The first-order chi connectivity index (χ1) is 8.44. The molecule has 1 aromatic rings. The minimum Gasteiger partial charge on any atom is -0.459 e. The van der Waals surface area contributed by atoms with Gasteiger partial charge in [0.05, 0.1) is 12.7 Å². The molecule has 0 atom stereocenters. The molecule has 0 fully saturated rings. The predicted octanol–water partition coefficient (Wildman–Crippen LogP) is 1.80. The van der Waals surface area contributed by atoms with Gasteiger partial charge in [-0.2, -0.15) is 0 Å². The zero-order valence-corrected chi connectivity index (χ0v) is 10.5. The number of methoxy groups -OCH3 is 1. The predicted molar refractivity (Wildman–Crippen MR) is 65.7 cm³/mol. The lowest BCUT2D eigenvalue weighted by Gasteiger charge is -2.18. The molecule has 1 rings (SSSR count). The maximum absolute atomic E-state index is 11.8. The number of carbonyl (C=O) groups excluding carboxylic acids is 2. The fraction of sp³-hybridized carbons (Fsp3) is 0.286. The van der Waals surface area contributed by atoms with Crippen molar-refractivity contribution < 1.29 is 19.1 Å². The fourth-order valence-corrected chi connectivity index (χ4v) is 1.14. The Balaban J connectivity index is 2.74. The number of benzene rings is 1. The van der Waals surface area contributed by atoms with Crippen LogP contribution in [0.5, 0.6) is 0 Å². The molecule has 0 saturated carbocycles. The van der Waals surface area contributed by atoms with Gasteiger partial charge in [0.15, 0.2) is 5.60 Å². The average Bonchev–Trinajstić information content (AvgIpc) is 2.36. The number of rotatable bonds is 2. The van der Waals surface area contributed by atoms with E-state index in [9.17, 15) is 9.59 Å². The first kappa shape index (κ1) is 13.8. The van der Waals surface area contributed by atoms with E-state index in [4.69, 9.17) is 4.74 Å². The van der Waals surface area contributed by atoms with Gasteiger partial charge >= 0.3 is 11.9 Å². The molecular formula is C14H14O4. The molecule has 0 radical (unpaired) electrons. The molecule has 0 amide bonds. The molecule has 0 heterocycles. The molecule has 0 aromatic heterocycles. The summed E-state index contributed by atoms with van der Waals surface area (Å²) in [6.45, 7) is 3.20. The van der Waals surface area contributed by atoms with E-state index >= 15 is 0 Å². The van der Waals surface area contributed by atoms with Gasteiger partial charge < -0.3 is 9.47 Å². The van der Waals surface area contributed by atoms with Crippen LogP contribution in [0.4, 0.5) is 0 Å². The second kappa shape index (κ2) is 5.87. The minimum absolute atomic E-state index is 0.436. The zero-order valence-electron chi connectivity index (χ0n) is 10.5. The summed E-state index contributed by atoms with van der Waals surface area (Å²) in [4.78, 5) is 22.6. The third kappa shape index (κ3) is 4.30. The van der Waals surface area contributed by atoms with Crippen molar-refractivity contribution in [2.24, 2.45) is 0 Å². The largest absolute Gasteiger partial charge is 0.459 e. The van der Waals surface area contributed by atoms with Crippen LogP contribution in [0.3, 0.4) is 0 Å². The van der Waals surface area contributed by atoms with Crippen molar-refractivity contribution in [3.05, 3.63) is 35.9 Å². The Morgan fingerprint density at radius 1 is 1.17 bits per heavy atom.